The summed E-state index contributed by atoms with van der Waals surface area (Å²) < 4.78 is 19.8. The number of hydrogen-bond donors (Lipinski definition) is 0. The van der Waals surface area contributed by atoms with Gasteiger partial charge in [0.1, 0.15) is 12.4 Å². The van der Waals surface area contributed by atoms with Gasteiger partial charge in [0, 0.05) is 13.1 Å². The minimum atomic E-state index is -0.505. The largest absolute Gasteiger partial charge is 0.493 e. The normalized spacial score (nSPS) is 11.3. The molecule has 1 aromatic carbocycles. The first-order valence-electron chi connectivity index (χ1n) is 10.7. The van der Waals surface area contributed by atoms with Crippen molar-refractivity contribution in [3.8, 4) is 11.5 Å². The molecule has 2 heterocycles. The molecule has 10 nitrogen and oxygen atoms in total. The molecule has 0 saturated carbocycles. The number of carbonyl (C=O) groups is 1. The van der Waals surface area contributed by atoms with Crippen molar-refractivity contribution < 1.29 is 19.0 Å². The number of rotatable bonds is 9. The third-order valence-corrected chi connectivity index (χ3v) is 5.20. The minimum Gasteiger partial charge on any atom is -0.493 e. The minimum absolute atomic E-state index is 0.179. The lowest BCUT2D eigenvalue weighted by Crippen LogP contribution is -2.40. The van der Waals surface area contributed by atoms with Gasteiger partial charge in [-0.15, -0.1) is 0 Å². The van der Waals surface area contributed by atoms with E-state index in [4.69, 9.17) is 14.2 Å². The van der Waals surface area contributed by atoms with E-state index in [1.54, 1.807) is 59.3 Å². The second-order valence-electron chi connectivity index (χ2n) is 7.06. The Labute approximate surface area is 190 Å². The zero-order valence-electron chi connectivity index (χ0n) is 19.5. The van der Waals surface area contributed by atoms with E-state index < -0.39 is 17.2 Å². The number of fused-ring (bicyclic) bond motifs is 1. The number of esters is 1. The van der Waals surface area contributed by atoms with E-state index in [0.717, 1.165) is 10.1 Å². The highest BCUT2D eigenvalue weighted by molar-refractivity contribution is 5.80. The van der Waals surface area contributed by atoms with Gasteiger partial charge in [0.25, 0.3) is 5.56 Å². The van der Waals surface area contributed by atoms with Crippen molar-refractivity contribution in [2.24, 2.45) is 0 Å². The Balaban J connectivity index is 2.23. The van der Waals surface area contributed by atoms with Crippen LogP contribution in [-0.4, -0.2) is 45.5 Å². The second-order valence-corrected chi connectivity index (χ2v) is 7.06. The molecule has 0 fully saturated rings. The molecule has 0 aliphatic rings. The summed E-state index contributed by atoms with van der Waals surface area (Å²) >= 11 is 0. The lowest BCUT2D eigenvalue weighted by Gasteiger charge is -2.10. The van der Waals surface area contributed by atoms with Crippen LogP contribution in [0.25, 0.3) is 23.3 Å². The van der Waals surface area contributed by atoms with E-state index >= 15 is 0 Å². The molecule has 3 aromatic rings. The van der Waals surface area contributed by atoms with Crippen molar-refractivity contribution in [1.29, 1.82) is 0 Å². The summed E-state index contributed by atoms with van der Waals surface area (Å²) in [7, 11) is 3.11. The third kappa shape index (κ3) is 4.55. The summed E-state index contributed by atoms with van der Waals surface area (Å²) in [6.07, 6.45) is 3.46. The summed E-state index contributed by atoms with van der Waals surface area (Å²) in [5.74, 6) is 0.997. The predicted molar refractivity (Wildman–Crippen MR) is 125 cm³/mol. The molecule has 0 atom stereocenters. The van der Waals surface area contributed by atoms with E-state index in [0.29, 0.717) is 23.9 Å². The first-order valence-corrected chi connectivity index (χ1v) is 10.7. The maximum absolute atomic E-state index is 13.1. The molecule has 0 radical (unpaired) electrons. The SMILES string of the molecule is CCOC(=O)Cn1c(C=Cc2ccc(OC)c(OC)c2)nc2c1c(=O)n(CC)c(=O)n2CC. The van der Waals surface area contributed by atoms with Crippen molar-refractivity contribution in [3.05, 3.63) is 50.4 Å². The zero-order valence-corrected chi connectivity index (χ0v) is 19.5. The first kappa shape index (κ1) is 23.8. The summed E-state index contributed by atoms with van der Waals surface area (Å²) in [5.41, 5.74) is 0.270. The average Bonchev–Trinajstić information content (AvgIpc) is 3.16. The third-order valence-electron chi connectivity index (χ3n) is 5.20. The number of carbonyl (C=O) groups excluding carboxylic acids is 1. The molecule has 0 saturated heterocycles. The summed E-state index contributed by atoms with van der Waals surface area (Å²) in [4.78, 5) is 42.8. The van der Waals surface area contributed by atoms with Gasteiger partial charge in [-0.25, -0.2) is 9.78 Å². The van der Waals surface area contributed by atoms with Crippen LogP contribution in [0.1, 0.15) is 32.2 Å². The lowest BCUT2D eigenvalue weighted by atomic mass is 10.2. The number of aryl methyl sites for hydroxylation is 1. The van der Waals surface area contributed by atoms with Crippen LogP contribution in [0.3, 0.4) is 0 Å². The molecule has 0 bridgehead atoms. The van der Waals surface area contributed by atoms with Gasteiger partial charge in [0.05, 0.1) is 20.8 Å². The Morgan fingerprint density at radius 1 is 0.970 bits per heavy atom. The van der Waals surface area contributed by atoms with Crippen LogP contribution in [0.5, 0.6) is 11.5 Å². The Morgan fingerprint density at radius 2 is 1.67 bits per heavy atom. The number of imidazole rings is 1. The van der Waals surface area contributed by atoms with Crippen LogP contribution in [0, 0.1) is 0 Å². The van der Waals surface area contributed by atoms with Gasteiger partial charge in [0.2, 0.25) is 0 Å². The Morgan fingerprint density at radius 3 is 2.27 bits per heavy atom. The van der Waals surface area contributed by atoms with E-state index in [-0.39, 0.29) is 30.9 Å². The van der Waals surface area contributed by atoms with Gasteiger partial charge in [0.15, 0.2) is 22.7 Å². The molecular formula is C23H28N4O6. The fraction of sp³-hybridized carbons (Fsp3) is 0.391. The quantitative estimate of drug-likeness (QED) is 0.454. The molecule has 2 aromatic heterocycles. The highest BCUT2D eigenvalue weighted by atomic mass is 16.5. The maximum Gasteiger partial charge on any atom is 0.332 e. The molecule has 33 heavy (non-hydrogen) atoms. The predicted octanol–water partition coefficient (Wildman–Crippen LogP) is 2.15. The first-order chi connectivity index (χ1) is 15.9. The lowest BCUT2D eigenvalue weighted by molar-refractivity contribution is -0.143. The van der Waals surface area contributed by atoms with Crippen LogP contribution in [0.4, 0.5) is 0 Å². The molecule has 0 unspecified atom stereocenters. The van der Waals surface area contributed by atoms with Crippen molar-refractivity contribution in [2.75, 3.05) is 20.8 Å². The maximum atomic E-state index is 13.1. The van der Waals surface area contributed by atoms with E-state index in [1.165, 1.54) is 9.13 Å². The van der Waals surface area contributed by atoms with E-state index in [2.05, 4.69) is 4.98 Å². The molecule has 0 aliphatic heterocycles. The summed E-state index contributed by atoms with van der Waals surface area (Å²) in [5, 5.41) is 0. The van der Waals surface area contributed by atoms with E-state index in [1.807, 2.05) is 6.07 Å². The summed E-state index contributed by atoms with van der Waals surface area (Å²) in [6, 6.07) is 5.40. The molecule has 3 rings (SSSR count). The standard InChI is InChI=1S/C23H28N4O6/c1-6-25-21-20(22(29)26(7-2)23(25)30)27(14-19(28)33-8-3)18(24-21)12-10-15-9-11-16(31-4)17(13-15)32-5/h9-13H,6-8,14H2,1-5H3. The fourth-order valence-electron chi connectivity index (χ4n) is 3.62. The van der Waals surface area contributed by atoms with Crippen LogP contribution < -0.4 is 20.7 Å². The topological polar surface area (TPSA) is 107 Å². The van der Waals surface area contributed by atoms with Crippen LogP contribution in [0.15, 0.2) is 27.8 Å². The second kappa shape index (κ2) is 10.2. The van der Waals surface area contributed by atoms with Crippen LogP contribution >= 0.6 is 0 Å². The fourth-order valence-corrected chi connectivity index (χ4v) is 3.62. The van der Waals surface area contributed by atoms with E-state index in [9.17, 15) is 14.4 Å². The Bertz CT molecular complexity index is 1320. The Hall–Kier alpha value is -3.82. The number of aromatic nitrogens is 4. The Kier molecular flexibility index (Phi) is 7.37. The number of ether oxygens (including phenoxy) is 3. The smallest absolute Gasteiger partial charge is 0.332 e. The van der Waals surface area contributed by atoms with Crippen molar-refractivity contribution in [3.63, 3.8) is 0 Å². The number of nitrogens with zero attached hydrogens (tertiary/aromatic N) is 4. The number of benzene rings is 1. The van der Waals surface area contributed by atoms with Gasteiger partial charge >= 0.3 is 11.7 Å². The average molecular weight is 456 g/mol. The monoisotopic (exact) mass is 456 g/mol. The summed E-state index contributed by atoms with van der Waals surface area (Å²) in [6.45, 7) is 5.76. The highest BCUT2D eigenvalue weighted by Crippen LogP contribution is 2.28. The van der Waals surface area contributed by atoms with Gasteiger partial charge in [-0.1, -0.05) is 12.1 Å². The van der Waals surface area contributed by atoms with Crippen LogP contribution in [0.2, 0.25) is 0 Å². The van der Waals surface area contributed by atoms with Crippen LogP contribution in [-0.2, 0) is 29.2 Å². The van der Waals surface area contributed by atoms with Gasteiger partial charge in [-0.3, -0.25) is 18.7 Å². The highest BCUT2D eigenvalue weighted by Gasteiger charge is 2.21. The molecule has 0 amide bonds. The van der Waals surface area contributed by atoms with Crippen molar-refractivity contribution in [1.82, 2.24) is 18.7 Å². The molecule has 0 spiro atoms. The molecule has 10 heteroatoms. The molecule has 176 valence electrons. The van der Waals surface area contributed by atoms with Gasteiger partial charge in [-0.2, -0.15) is 0 Å². The molecule has 0 aliphatic carbocycles. The number of methoxy groups -OCH3 is 2. The molecular weight excluding hydrogens is 428 g/mol. The van der Waals surface area contributed by atoms with Crippen molar-refractivity contribution >= 4 is 29.3 Å². The number of hydrogen-bond acceptors (Lipinski definition) is 7. The zero-order chi connectivity index (χ0) is 24.1. The molecule has 0 N–H and O–H groups in total. The van der Waals surface area contributed by atoms with Crippen molar-refractivity contribution in [2.45, 2.75) is 40.4 Å². The van der Waals surface area contributed by atoms with Gasteiger partial charge < -0.3 is 18.8 Å². The van der Waals surface area contributed by atoms with Gasteiger partial charge in [-0.05, 0) is 44.5 Å².